The highest BCUT2D eigenvalue weighted by molar-refractivity contribution is 7.89. The molecule has 1 aromatic heterocycles. The molecule has 1 saturated carbocycles. The molecule has 120 valence electrons. The highest BCUT2D eigenvalue weighted by Crippen LogP contribution is 2.24. The summed E-state index contributed by atoms with van der Waals surface area (Å²) < 4.78 is 28.1. The van der Waals surface area contributed by atoms with Crippen LogP contribution in [0.4, 0.5) is 0 Å². The maximum Gasteiger partial charge on any atom is 0.260 e. The minimum atomic E-state index is -3.61. The Morgan fingerprint density at radius 2 is 1.95 bits per heavy atom. The SMILES string of the molecule is CCC(C)(CC)NS(=O)(=O)c1n[nH]c(C)c1CNC1CC1. The molecule has 1 fully saturated rings. The zero-order valence-electron chi connectivity index (χ0n) is 13.3. The van der Waals surface area contributed by atoms with Crippen molar-refractivity contribution in [3.8, 4) is 0 Å². The van der Waals surface area contributed by atoms with E-state index >= 15 is 0 Å². The lowest BCUT2D eigenvalue weighted by atomic mass is 9.98. The second kappa shape index (κ2) is 6.06. The fourth-order valence-electron chi connectivity index (χ4n) is 2.16. The molecule has 0 amide bonds. The first-order valence-corrected chi connectivity index (χ1v) is 9.11. The van der Waals surface area contributed by atoms with Crippen LogP contribution in [-0.4, -0.2) is 30.2 Å². The molecule has 2 rings (SSSR count). The molecular weight excluding hydrogens is 288 g/mol. The van der Waals surface area contributed by atoms with Crippen LogP contribution in [0.25, 0.3) is 0 Å². The molecule has 1 aliphatic rings. The normalized spacial score (nSPS) is 16.4. The predicted octanol–water partition coefficient (Wildman–Crippen LogP) is 1.83. The Balaban J connectivity index is 2.22. The third kappa shape index (κ3) is 3.84. The van der Waals surface area contributed by atoms with E-state index in [9.17, 15) is 8.42 Å². The van der Waals surface area contributed by atoms with Crippen molar-refractivity contribution in [3.05, 3.63) is 11.3 Å². The molecule has 0 saturated heterocycles. The van der Waals surface area contributed by atoms with E-state index < -0.39 is 15.6 Å². The quantitative estimate of drug-likeness (QED) is 0.683. The van der Waals surface area contributed by atoms with Crippen LogP contribution in [0.1, 0.15) is 57.7 Å². The summed E-state index contributed by atoms with van der Waals surface area (Å²) in [5.74, 6) is 0. The average molecular weight is 314 g/mol. The van der Waals surface area contributed by atoms with Gasteiger partial charge in [-0.25, -0.2) is 13.1 Å². The number of nitrogens with zero attached hydrogens (tertiary/aromatic N) is 1. The number of hydrogen-bond acceptors (Lipinski definition) is 4. The number of H-pyrrole nitrogens is 1. The molecule has 0 radical (unpaired) electrons. The largest absolute Gasteiger partial charge is 0.310 e. The number of hydrogen-bond donors (Lipinski definition) is 3. The van der Waals surface area contributed by atoms with Crippen LogP contribution in [0.3, 0.4) is 0 Å². The van der Waals surface area contributed by atoms with E-state index in [2.05, 4.69) is 20.2 Å². The van der Waals surface area contributed by atoms with Crippen molar-refractivity contribution >= 4 is 10.0 Å². The lowest BCUT2D eigenvalue weighted by Crippen LogP contribution is -2.45. The first-order chi connectivity index (χ1) is 9.81. The number of aromatic amines is 1. The van der Waals surface area contributed by atoms with Gasteiger partial charge in [-0.3, -0.25) is 5.10 Å². The van der Waals surface area contributed by atoms with Crippen LogP contribution >= 0.6 is 0 Å². The summed E-state index contributed by atoms with van der Waals surface area (Å²) in [7, 11) is -3.61. The van der Waals surface area contributed by atoms with E-state index in [4.69, 9.17) is 0 Å². The highest BCUT2D eigenvalue weighted by Gasteiger charge is 2.32. The topological polar surface area (TPSA) is 86.9 Å². The van der Waals surface area contributed by atoms with Crippen molar-refractivity contribution in [1.82, 2.24) is 20.2 Å². The standard InChI is InChI=1S/C14H26N4O2S/c1-5-14(4,6-2)18-21(19,20)13-12(10(3)16-17-13)9-15-11-7-8-11/h11,15,18H,5-9H2,1-4H3,(H,16,17). The minimum absolute atomic E-state index is 0.126. The average Bonchev–Trinajstić information content (AvgIpc) is 3.18. The van der Waals surface area contributed by atoms with Crippen LogP contribution < -0.4 is 10.0 Å². The van der Waals surface area contributed by atoms with Gasteiger partial charge in [0, 0.05) is 29.4 Å². The van der Waals surface area contributed by atoms with Gasteiger partial charge < -0.3 is 5.32 Å². The van der Waals surface area contributed by atoms with Gasteiger partial charge in [0.2, 0.25) is 0 Å². The summed E-state index contributed by atoms with van der Waals surface area (Å²) in [6, 6.07) is 0.527. The molecule has 0 unspecified atom stereocenters. The first-order valence-electron chi connectivity index (χ1n) is 7.62. The Hall–Kier alpha value is -0.920. The second-order valence-electron chi connectivity index (χ2n) is 6.16. The van der Waals surface area contributed by atoms with Crippen LogP contribution in [0.5, 0.6) is 0 Å². The third-order valence-electron chi connectivity index (χ3n) is 4.38. The van der Waals surface area contributed by atoms with Crippen LogP contribution in [0, 0.1) is 6.92 Å². The van der Waals surface area contributed by atoms with Gasteiger partial charge in [-0.05, 0) is 39.5 Å². The summed E-state index contributed by atoms with van der Waals surface area (Å²) in [6.45, 7) is 8.29. The van der Waals surface area contributed by atoms with Gasteiger partial charge in [-0.1, -0.05) is 13.8 Å². The van der Waals surface area contributed by atoms with Gasteiger partial charge in [0.05, 0.1) is 0 Å². The predicted molar refractivity (Wildman–Crippen MR) is 82.5 cm³/mol. The lowest BCUT2D eigenvalue weighted by molar-refractivity contribution is 0.388. The van der Waals surface area contributed by atoms with Crippen LogP contribution in [0.15, 0.2) is 5.03 Å². The zero-order valence-corrected chi connectivity index (χ0v) is 14.1. The minimum Gasteiger partial charge on any atom is -0.310 e. The Morgan fingerprint density at radius 3 is 2.48 bits per heavy atom. The number of nitrogens with one attached hydrogen (secondary N) is 3. The zero-order chi connectivity index (χ0) is 15.7. The maximum atomic E-state index is 12.6. The molecule has 0 atom stereocenters. The van der Waals surface area contributed by atoms with Gasteiger partial charge in [-0.2, -0.15) is 5.10 Å². The van der Waals surface area contributed by atoms with Crippen molar-refractivity contribution < 1.29 is 8.42 Å². The first kappa shape index (κ1) is 16.5. The molecule has 7 heteroatoms. The summed E-state index contributed by atoms with van der Waals surface area (Å²) in [5, 5.41) is 10.3. The Bertz CT molecular complexity index is 586. The third-order valence-corrected chi connectivity index (χ3v) is 5.99. The molecule has 21 heavy (non-hydrogen) atoms. The summed E-state index contributed by atoms with van der Waals surface area (Å²) in [5.41, 5.74) is 1.11. The van der Waals surface area contributed by atoms with Crippen LogP contribution in [0.2, 0.25) is 0 Å². The van der Waals surface area contributed by atoms with Gasteiger partial charge >= 0.3 is 0 Å². The maximum absolute atomic E-state index is 12.6. The van der Waals surface area contributed by atoms with E-state index in [0.717, 1.165) is 24.1 Å². The van der Waals surface area contributed by atoms with Crippen LogP contribution in [-0.2, 0) is 16.6 Å². The molecule has 0 aromatic carbocycles. The number of rotatable bonds is 8. The van der Waals surface area contributed by atoms with Crippen molar-refractivity contribution in [1.29, 1.82) is 0 Å². The Morgan fingerprint density at radius 1 is 1.33 bits per heavy atom. The van der Waals surface area contributed by atoms with Gasteiger partial charge in [-0.15, -0.1) is 0 Å². The summed E-state index contributed by atoms with van der Waals surface area (Å²) in [4.78, 5) is 0. The summed E-state index contributed by atoms with van der Waals surface area (Å²) in [6.07, 6.45) is 3.81. The molecule has 1 aliphatic carbocycles. The molecular formula is C14H26N4O2S. The van der Waals surface area contributed by atoms with Crippen molar-refractivity contribution in [2.24, 2.45) is 0 Å². The Labute approximate surface area is 127 Å². The van der Waals surface area contributed by atoms with Crippen molar-refractivity contribution in [2.75, 3.05) is 0 Å². The second-order valence-corrected chi connectivity index (χ2v) is 7.76. The van der Waals surface area contributed by atoms with E-state index in [1.807, 2.05) is 27.7 Å². The molecule has 1 heterocycles. The van der Waals surface area contributed by atoms with Gasteiger partial charge in [0.15, 0.2) is 5.03 Å². The number of sulfonamides is 1. The van der Waals surface area contributed by atoms with Gasteiger partial charge in [0.25, 0.3) is 10.0 Å². The molecule has 1 aromatic rings. The lowest BCUT2D eigenvalue weighted by Gasteiger charge is -2.27. The summed E-state index contributed by atoms with van der Waals surface area (Å²) >= 11 is 0. The van der Waals surface area contributed by atoms with E-state index in [0.29, 0.717) is 12.6 Å². The molecule has 6 nitrogen and oxygen atoms in total. The molecule has 0 spiro atoms. The molecule has 0 bridgehead atoms. The highest BCUT2D eigenvalue weighted by atomic mass is 32.2. The fourth-order valence-corrected chi connectivity index (χ4v) is 3.91. The van der Waals surface area contributed by atoms with Crippen molar-refractivity contribution in [3.63, 3.8) is 0 Å². The molecule has 3 N–H and O–H groups in total. The fraction of sp³-hybridized carbons (Fsp3) is 0.786. The van der Waals surface area contributed by atoms with E-state index in [-0.39, 0.29) is 5.03 Å². The number of aryl methyl sites for hydroxylation is 1. The van der Waals surface area contributed by atoms with Gasteiger partial charge in [0.1, 0.15) is 0 Å². The monoisotopic (exact) mass is 314 g/mol. The smallest absolute Gasteiger partial charge is 0.260 e. The van der Waals surface area contributed by atoms with Crippen molar-refractivity contribution in [2.45, 2.75) is 76.5 Å². The molecule has 0 aliphatic heterocycles. The van der Waals surface area contributed by atoms with E-state index in [1.54, 1.807) is 0 Å². The van der Waals surface area contributed by atoms with E-state index in [1.165, 1.54) is 12.8 Å². The Kier molecular flexibility index (Phi) is 4.75. The number of aromatic nitrogens is 2.